The Kier molecular flexibility index (Phi) is 5.88. The van der Waals surface area contributed by atoms with E-state index < -0.39 is 11.8 Å². The zero-order valence-corrected chi connectivity index (χ0v) is 23.9. The predicted octanol–water partition coefficient (Wildman–Crippen LogP) is 6.89. The topological polar surface area (TPSA) is 113 Å². The molecule has 8 rings (SSSR count). The Morgan fingerprint density at radius 3 is 2.71 bits per heavy atom. The molecule has 8 nitrogen and oxygen atoms in total. The van der Waals surface area contributed by atoms with Gasteiger partial charge in [0.1, 0.15) is 11.3 Å². The third-order valence-electron chi connectivity index (χ3n) is 10.8. The van der Waals surface area contributed by atoms with Gasteiger partial charge in [-0.05, 0) is 87.7 Å². The van der Waals surface area contributed by atoms with Gasteiger partial charge < -0.3 is 24.7 Å². The number of aromatic carboxylic acids is 1. The number of carbonyl (C=O) groups is 1. The Morgan fingerprint density at radius 1 is 1.22 bits per heavy atom. The first kappa shape index (κ1) is 25.8. The van der Waals surface area contributed by atoms with E-state index in [-0.39, 0.29) is 28.5 Å². The van der Waals surface area contributed by atoms with Crippen molar-refractivity contribution in [3.05, 3.63) is 40.5 Å². The highest BCUT2D eigenvalue weighted by atomic mass is 32.1. The number of aromatic nitrogens is 2. The van der Waals surface area contributed by atoms with Crippen LogP contribution in [0.1, 0.15) is 103 Å². The summed E-state index contributed by atoms with van der Waals surface area (Å²) in [5.41, 5.74) is 2.81. The number of benzene rings is 1. The van der Waals surface area contributed by atoms with Crippen molar-refractivity contribution < 1.29 is 23.6 Å². The number of anilines is 1. The lowest BCUT2D eigenvalue weighted by molar-refractivity contribution is 0.0381. The van der Waals surface area contributed by atoms with Crippen LogP contribution in [0.25, 0.3) is 10.2 Å². The van der Waals surface area contributed by atoms with Crippen LogP contribution < -0.4 is 4.90 Å². The van der Waals surface area contributed by atoms with Gasteiger partial charge in [-0.15, -0.1) is 0 Å². The van der Waals surface area contributed by atoms with E-state index in [4.69, 9.17) is 14.7 Å². The lowest BCUT2D eigenvalue weighted by Gasteiger charge is -2.28. The van der Waals surface area contributed by atoms with Gasteiger partial charge in [0.2, 0.25) is 0 Å². The molecule has 3 atom stereocenters. The van der Waals surface area contributed by atoms with Gasteiger partial charge in [-0.2, -0.15) is 0 Å². The van der Waals surface area contributed by atoms with E-state index in [1.54, 1.807) is 6.21 Å². The maximum absolute atomic E-state index is 14.6. The minimum atomic E-state index is -1.15. The Hall–Kier alpha value is -2.85. The van der Waals surface area contributed by atoms with Crippen molar-refractivity contribution in [3.63, 3.8) is 0 Å². The standard InChI is InChI=1S/C31H35FN4O4S/c32-23-9-19(28(37)38)10-24-26(23)34-29(41-24)36-13-20-11-21(12-31(20,15-33)16-36)39-14-22-25(35-40-27(22)18-1-2-18)17-3-5-30(6-4-17)7-8-30/h9-10,15,17-18,20-21,33H,1-8,11-14,16H2,(H,37,38)/t20-,21+,31-/m1/s1. The van der Waals surface area contributed by atoms with Gasteiger partial charge in [0.15, 0.2) is 10.9 Å². The van der Waals surface area contributed by atoms with E-state index in [0.717, 1.165) is 36.9 Å². The number of hydrogen-bond acceptors (Lipinski definition) is 8. The maximum atomic E-state index is 14.6. The quantitative estimate of drug-likeness (QED) is 0.280. The number of halogens is 1. The minimum absolute atomic E-state index is 0.0607. The second kappa shape index (κ2) is 9.33. The van der Waals surface area contributed by atoms with Gasteiger partial charge in [0.05, 0.1) is 28.7 Å². The van der Waals surface area contributed by atoms with Gasteiger partial charge in [-0.3, -0.25) is 0 Å². The number of rotatable bonds is 8. The number of carboxylic acid groups (broad SMARTS) is 1. The van der Waals surface area contributed by atoms with Crippen molar-refractivity contribution in [2.24, 2.45) is 16.7 Å². The summed E-state index contributed by atoms with van der Waals surface area (Å²) in [4.78, 5) is 18.0. The molecule has 1 aliphatic heterocycles. The van der Waals surface area contributed by atoms with Crippen LogP contribution >= 0.6 is 11.3 Å². The predicted molar refractivity (Wildman–Crippen MR) is 153 cm³/mol. The summed E-state index contributed by atoms with van der Waals surface area (Å²) >= 11 is 1.31. The molecule has 216 valence electrons. The summed E-state index contributed by atoms with van der Waals surface area (Å²) in [7, 11) is 0. The average molecular weight is 579 g/mol. The number of fused-ring (bicyclic) bond motifs is 2. The van der Waals surface area contributed by atoms with Crippen LogP contribution in [0.3, 0.4) is 0 Å². The summed E-state index contributed by atoms with van der Waals surface area (Å²) in [6.07, 6.45) is 13.5. The number of ether oxygens (including phenoxy) is 1. The number of hydrogen-bond donors (Lipinski definition) is 2. The molecule has 4 aliphatic carbocycles. The fourth-order valence-electron chi connectivity index (χ4n) is 7.94. The van der Waals surface area contributed by atoms with Crippen LogP contribution in [0.5, 0.6) is 0 Å². The summed E-state index contributed by atoms with van der Waals surface area (Å²) in [6, 6.07) is 2.52. The second-order valence-corrected chi connectivity index (χ2v) is 14.4. The van der Waals surface area contributed by atoms with Crippen molar-refractivity contribution in [1.82, 2.24) is 10.1 Å². The minimum Gasteiger partial charge on any atom is -0.478 e. The molecule has 5 fully saturated rings. The molecule has 4 saturated carbocycles. The van der Waals surface area contributed by atoms with Gasteiger partial charge in [-0.1, -0.05) is 16.5 Å². The van der Waals surface area contributed by atoms with Gasteiger partial charge in [0, 0.05) is 42.1 Å². The molecule has 3 heterocycles. The smallest absolute Gasteiger partial charge is 0.335 e. The molecule has 0 unspecified atom stereocenters. The van der Waals surface area contributed by atoms with Crippen LogP contribution in [0, 0.1) is 28.0 Å². The van der Waals surface area contributed by atoms with Crippen LogP contribution in [0.15, 0.2) is 16.7 Å². The van der Waals surface area contributed by atoms with Crippen molar-refractivity contribution in [2.75, 3.05) is 18.0 Å². The van der Waals surface area contributed by atoms with E-state index in [9.17, 15) is 14.3 Å². The first-order valence-electron chi connectivity index (χ1n) is 15.1. The molecule has 41 heavy (non-hydrogen) atoms. The Labute approximate surface area is 241 Å². The molecule has 2 N–H and O–H groups in total. The number of nitrogens with zero attached hydrogens (tertiary/aromatic N) is 3. The highest BCUT2D eigenvalue weighted by Crippen LogP contribution is 2.59. The summed E-state index contributed by atoms with van der Waals surface area (Å²) in [6.45, 7) is 1.88. The number of carboxylic acids is 1. The second-order valence-electron chi connectivity index (χ2n) is 13.4. The maximum Gasteiger partial charge on any atom is 0.335 e. The van der Waals surface area contributed by atoms with E-state index in [1.165, 1.54) is 74.3 Å². The largest absolute Gasteiger partial charge is 0.478 e. The fourth-order valence-corrected chi connectivity index (χ4v) is 8.97. The third kappa shape index (κ3) is 4.40. The number of thiazole rings is 1. The van der Waals surface area contributed by atoms with E-state index in [2.05, 4.69) is 15.0 Å². The molecular weight excluding hydrogens is 543 g/mol. The molecule has 2 aromatic heterocycles. The van der Waals surface area contributed by atoms with Crippen molar-refractivity contribution >= 4 is 38.9 Å². The van der Waals surface area contributed by atoms with E-state index >= 15 is 0 Å². The van der Waals surface area contributed by atoms with Gasteiger partial charge in [0.25, 0.3) is 0 Å². The molecule has 1 aromatic carbocycles. The molecule has 1 spiro atoms. The zero-order valence-electron chi connectivity index (χ0n) is 23.0. The Morgan fingerprint density at radius 2 is 2.02 bits per heavy atom. The summed E-state index contributed by atoms with van der Waals surface area (Å²) in [5.74, 6) is 0.490. The van der Waals surface area contributed by atoms with Crippen LogP contribution in [-0.2, 0) is 11.3 Å². The summed E-state index contributed by atoms with van der Waals surface area (Å²) in [5, 5.41) is 23.0. The Balaban J connectivity index is 0.963. The van der Waals surface area contributed by atoms with Crippen LogP contribution in [0.2, 0.25) is 0 Å². The first-order chi connectivity index (χ1) is 19.9. The van der Waals surface area contributed by atoms with Gasteiger partial charge >= 0.3 is 5.97 Å². The molecule has 0 radical (unpaired) electrons. The molecule has 5 aliphatic rings. The SMILES string of the molecule is N=C[C@@]12C[C@@H](OCc3c(C4CCC5(CC4)CC5)noc3C3CC3)C[C@@H]1CN(c1nc3c(F)cc(C(=O)O)cc3s1)C2. The normalized spacial score (nSPS) is 29.0. The summed E-state index contributed by atoms with van der Waals surface area (Å²) < 4.78 is 27.7. The van der Waals surface area contributed by atoms with Crippen molar-refractivity contribution in [1.29, 1.82) is 5.41 Å². The lowest BCUT2D eigenvalue weighted by atomic mass is 9.77. The lowest BCUT2D eigenvalue weighted by Crippen LogP contribution is -2.30. The molecule has 10 heteroatoms. The van der Waals surface area contributed by atoms with Crippen molar-refractivity contribution in [2.45, 2.75) is 88.8 Å². The third-order valence-corrected chi connectivity index (χ3v) is 11.8. The Bertz CT molecular complexity index is 1530. The van der Waals surface area contributed by atoms with E-state index in [1.807, 2.05) is 0 Å². The molecule has 0 amide bonds. The van der Waals surface area contributed by atoms with Crippen LogP contribution in [-0.4, -0.2) is 46.6 Å². The first-order valence-corrected chi connectivity index (χ1v) is 15.9. The monoisotopic (exact) mass is 578 g/mol. The molecular formula is C31H35FN4O4S. The molecule has 3 aromatic rings. The highest BCUT2D eigenvalue weighted by molar-refractivity contribution is 7.22. The zero-order chi connectivity index (χ0) is 27.9. The molecule has 1 saturated heterocycles. The van der Waals surface area contributed by atoms with Crippen molar-refractivity contribution in [3.8, 4) is 0 Å². The van der Waals surface area contributed by atoms with Crippen LogP contribution in [0.4, 0.5) is 9.52 Å². The van der Waals surface area contributed by atoms with E-state index in [0.29, 0.717) is 40.2 Å². The number of nitrogens with one attached hydrogen (secondary N) is 1. The fraction of sp³-hybridized carbons (Fsp3) is 0.613. The highest BCUT2D eigenvalue weighted by Gasteiger charge is 2.53. The average Bonchev–Trinajstić information content (AvgIpc) is 3.74. The van der Waals surface area contributed by atoms with Gasteiger partial charge in [-0.25, -0.2) is 14.2 Å². The molecule has 0 bridgehead atoms.